The highest BCUT2D eigenvalue weighted by Crippen LogP contribution is 2.16. The molecule has 1 amide bonds. The van der Waals surface area contributed by atoms with E-state index in [0.717, 1.165) is 38.2 Å². The van der Waals surface area contributed by atoms with Crippen molar-refractivity contribution in [1.82, 2.24) is 10.2 Å². The fraction of sp³-hybridized carbons (Fsp3) is 0.381. The molecule has 1 aromatic carbocycles. The fourth-order valence-electron chi connectivity index (χ4n) is 3.28. The molecule has 1 aliphatic rings. The zero-order chi connectivity index (χ0) is 17.6. The quantitative estimate of drug-likeness (QED) is 0.902. The number of furan rings is 1. The van der Waals surface area contributed by atoms with Gasteiger partial charge in [0.25, 0.3) is 5.91 Å². The van der Waals surface area contributed by atoms with Crippen molar-refractivity contribution in [3.8, 4) is 0 Å². The first-order valence-electron chi connectivity index (χ1n) is 8.93. The summed E-state index contributed by atoms with van der Waals surface area (Å²) in [5.41, 5.74) is 1.89. The van der Waals surface area contributed by atoms with E-state index in [1.54, 1.807) is 0 Å². The minimum absolute atomic E-state index is 0.0169. The molecule has 0 spiro atoms. The Hall–Kier alpha value is -2.33. The molecule has 2 heterocycles. The standard InChI is InChI=1S/C21H26N2O2/c1-16-15-20(17(2)25-16)21(24)22-19-10-13-23(14-11-19)12-6-9-18-7-4-3-5-8-18/h3-9,15,19H,10-14H2,1-2H3,(H,22,24)/b9-6+. The molecule has 0 saturated carbocycles. The minimum Gasteiger partial charge on any atom is -0.466 e. The largest absolute Gasteiger partial charge is 0.466 e. The topological polar surface area (TPSA) is 45.5 Å². The van der Waals surface area contributed by atoms with Gasteiger partial charge in [-0.1, -0.05) is 42.5 Å². The van der Waals surface area contributed by atoms with Crippen molar-refractivity contribution in [2.75, 3.05) is 19.6 Å². The van der Waals surface area contributed by atoms with Gasteiger partial charge in [-0.05, 0) is 38.3 Å². The lowest BCUT2D eigenvalue weighted by atomic mass is 10.0. The number of likely N-dealkylation sites (tertiary alicyclic amines) is 1. The van der Waals surface area contributed by atoms with Crippen LogP contribution in [0.4, 0.5) is 0 Å². The lowest BCUT2D eigenvalue weighted by Gasteiger charge is -2.31. The second-order valence-electron chi connectivity index (χ2n) is 6.69. The highest BCUT2D eigenvalue weighted by atomic mass is 16.3. The number of benzene rings is 1. The smallest absolute Gasteiger partial charge is 0.255 e. The summed E-state index contributed by atoms with van der Waals surface area (Å²) < 4.78 is 5.45. The van der Waals surface area contributed by atoms with E-state index >= 15 is 0 Å². The summed E-state index contributed by atoms with van der Waals surface area (Å²) in [7, 11) is 0. The maximum atomic E-state index is 12.4. The first kappa shape index (κ1) is 17.5. The van der Waals surface area contributed by atoms with Gasteiger partial charge in [0.05, 0.1) is 5.56 Å². The number of aryl methyl sites for hydroxylation is 2. The Kier molecular flexibility index (Phi) is 5.71. The van der Waals surface area contributed by atoms with Gasteiger partial charge in [-0.15, -0.1) is 0 Å². The van der Waals surface area contributed by atoms with Gasteiger partial charge in [-0.25, -0.2) is 0 Å². The molecule has 3 rings (SSSR count). The van der Waals surface area contributed by atoms with Gasteiger partial charge < -0.3 is 9.73 Å². The van der Waals surface area contributed by atoms with Crippen LogP contribution in [0, 0.1) is 13.8 Å². The molecule has 1 saturated heterocycles. The van der Waals surface area contributed by atoms with Gasteiger partial charge in [0, 0.05) is 25.7 Å². The zero-order valence-corrected chi connectivity index (χ0v) is 15.0. The Labute approximate surface area is 149 Å². The highest BCUT2D eigenvalue weighted by Gasteiger charge is 2.22. The van der Waals surface area contributed by atoms with Crippen molar-refractivity contribution in [3.63, 3.8) is 0 Å². The van der Waals surface area contributed by atoms with E-state index in [1.165, 1.54) is 5.56 Å². The summed E-state index contributed by atoms with van der Waals surface area (Å²) in [4.78, 5) is 14.8. The Bertz CT molecular complexity index is 726. The van der Waals surface area contributed by atoms with Crippen LogP contribution in [0.1, 0.15) is 40.3 Å². The van der Waals surface area contributed by atoms with Crippen molar-refractivity contribution in [2.45, 2.75) is 32.7 Å². The molecule has 132 valence electrons. The number of hydrogen-bond acceptors (Lipinski definition) is 3. The van der Waals surface area contributed by atoms with E-state index in [1.807, 2.05) is 26.0 Å². The number of carbonyl (C=O) groups excluding carboxylic acids is 1. The third-order valence-corrected chi connectivity index (χ3v) is 4.68. The van der Waals surface area contributed by atoms with Crippen molar-refractivity contribution in [2.24, 2.45) is 0 Å². The van der Waals surface area contributed by atoms with E-state index in [0.29, 0.717) is 11.3 Å². The molecule has 4 heteroatoms. The first-order chi connectivity index (χ1) is 12.1. The summed E-state index contributed by atoms with van der Waals surface area (Å²) in [5.74, 6) is 1.46. The fourth-order valence-corrected chi connectivity index (χ4v) is 3.28. The van der Waals surface area contributed by atoms with Crippen LogP contribution in [0.5, 0.6) is 0 Å². The Morgan fingerprint density at radius 1 is 1.24 bits per heavy atom. The van der Waals surface area contributed by atoms with E-state index in [2.05, 4.69) is 46.6 Å². The molecule has 1 aromatic heterocycles. The average Bonchev–Trinajstić information content (AvgIpc) is 2.96. The van der Waals surface area contributed by atoms with Crippen LogP contribution in [0.3, 0.4) is 0 Å². The normalized spacial score (nSPS) is 16.4. The van der Waals surface area contributed by atoms with Crippen molar-refractivity contribution in [3.05, 3.63) is 65.1 Å². The highest BCUT2D eigenvalue weighted by molar-refractivity contribution is 5.95. The van der Waals surface area contributed by atoms with Gasteiger partial charge in [0.2, 0.25) is 0 Å². The maximum absolute atomic E-state index is 12.4. The molecule has 25 heavy (non-hydrogen) atoms. The summed E-state index contributed by atoms with van der Waals surface area (Å²) in [6.45, 7) is 6.67. The van der Waals surface area contributed by atoms with Gasteiger partial charge in [0.1, 0.15) is 11.5 Å². The van der Waals surface area contributed by atoms with E-state index in [-0.39, 0.29) is 11.9 Å². The van der Waals surface area contributed by atoms with E-state index in [4.69, 9.17) is 4.42 Å². The number of amides is 1. The molecular weight excluding hydrogens is 312 g/mol. The van der Waals surface area contributed by atoms with Crippen molar-refractivity contribution < 1.29 is 9.21 Å². The maximum Gasteiger partial charge on any atom is 0.255 e. The molecule has 0 bridgehead atoms. The van der Waals surface area contributed by atoms with Crippen LogP contribution >= 0.6 is 0 Å². The third-order valence-electron chi connectivity index (χ3n) is 4.68. The molecule has 0 atom stereocenters. The number of nitrogens with zero attached hydrogens (tertiary/aromatic N) is 1. The van der Waals surface area contributed by atoms with Crippen LogP contribution in [0.25, 0.3) is 6.08 Å². The second-order valence-corrected chi connectivity index (χ2v) is 6.69. The van der Waals surface area contributed by atoms with Crippen LogP contribution in [0.15, 0.2) is 46.9 Å². The van der Waals surface area contributed by atoms with Crippen LogP contribution < -0.4 is 5.32 Å². The first-order valence-corrected chi connectivity index (χ1v) is 8.93. The third kappa shape index (κ3) is 4.83. The summed E-state index contributed by atoms with van der Waals surface area (Å²) in [6, 6.07) is 12.4. The van der Waals surface area contributed by atoms with Gasteiger partial charge in [0.15, 0.2) is 0 Å². The van der Waals surface area contributed by atoms with Crippen LogP contribution in [0.2, 0.25) is 0 Å². The molecule has 0 aliphatic carbocycles. The molecule has 0 unspecified atom stereocenters. The van der Waals surface area contributed by atoms with Gasteiger partial charge >= 0.3 is 0 Å². The monoisotopic (exact) mass is 338 g/mol. The Balaban J connectivity index is 1.43. The molecule has 2 aromatic rings. The summed E-state index contributed by atoms with van der Waals surface area (Å²) in [6.07, 6.45) is 6.35. The van der Waals surface area contributed by atoms with Gasteiger partial charge in [-0.3, -0.25) is 9.69 Å². The number of nitrogens with one attached hydrogen (secondary N) is 1. The molecule has 1 N–H and O–H groups in total. The van der Waals surface area contributed by atoms with E-state index < -0.39 is 0 Å². The number of piperidine rings is 1. The molecule has 4 nitrogen and oxygen atoms in total. The number of carbonyl (C=O) groups is 1. The molecule has 0 radical (unpaired) electrons. The lowest BCUT2D eigenvalue weighted by molar-refractivity contribution is 0.0912. The average molecular weight is 338 g/mol. The van der Waals surface area contributed by atoms with E-state index in [9.17, 15) is 4.79 Å². The zero-order valence-electron chi connectivity index (χ0n) is 15.0. The van der Waals surface area contributed by atoms with Gasteiger partial charge in [-0.2, -0.15) is 0 Å². The predicted octanol–water partition coefficient (Wildman–Crippen LogP) is 3.80. The summed E-state index contributed by atoms with van der Waals surface area (Å²) >= 11 is 0. The van der Waals surface area contributed by atoms with Crippen LogP contribution in [-0.2, 0) is 0 Å². The lowest BCUT2D eigenvalue weighted by Crippen LogP contribution is -2.44. The molecule has 1 aliphatic heterocycles. The number of rotatable bonds is 5. The molecule has 1 fully saturated rings. The number of hydrogen-bond donors (Lipinski definition) is 1. The molecular formula is C21H26N2O2. The Morgan fingerprint density at radius 2 is 1.96 bits per heavy atom. The summed E-state index contributed by atoms with van der Waals surface area (Å²) in [5, 5.41) is 3.15. The second kappa shape index (κ2) is 8.17. The van der Waals surface area contributed by atoms with Crippen LogP contribution in [-0.4, -0.2) is 36.5 Å². The SMILES string of the molecule is Cc1cc(C(=O)NC2CCN(C/C=C/c3ccccc3)CC2)c(C)o1. The van der Waals surface area contributed by atoms with Crippen molar-refractivity contribution in [1.29, 1.82) is 0 Å². The minimum atomic E-state index is -0.0169. The Morgan fingerprint density at radius 3 is 2.60 bits per heavy atom. The van der Waals surface area contributed by atoms with Crippen molar-refractivity contribution >= 4 is 12.0 Å². The predicted molar refractivity (Wildman–Crippen MR) is 101 cm³/mol.